The van der Waals surface area contributed by atoms with Gasteiger partial charge in [-0.2, -0.15) is 0 Å². The highest BCUT2D eigenvalue weighted by Crippen LogP contribution is 2.41. The van der Waals surface area contributed by atoms with Crippen LogP contribution in [-0.2, 0) is 4.79 Å². The average Bonchev–Trinajstić information content (AvgIpc) is 2.64. The maximum absolute atomic E-state index is 11.1. The minimum atomic E-state index is -0.704. The fourth-order valence-corrected chi connectivity index (χ4v) is 1.95. The summed E-state index contributed by atoms with van der Waals surface area (Å²) in [5.41, 5.74) is 1.69. The summed E-state index contributed by atoms with van der Waals surface area (Å²) in [4.78, 5) is 11.1. The molecule has 0 aliphatic heterocycles. The maximum atomic E-state index is 11.1. The van der Waals surface area contributed by atoms with E-state index in [0.29, 0.717) is 12.8 Å². The summed E-state index contributed by atoms with van der Waals surface area (Å²) in [7, 11) is 0. The topological polar surface area (TPSA) is 37.3 Å². The zero-order valence-electron chi connectivity index (χ0n) is 8.73. The lowest BCUT2D eigenvalue weighted by atomic mass is 9.86. The van der Waals surface area contributed by atoms with E-state index >= 15 is 0 Å². The molecule has 1 aromatic carbocycles. The van der Waals surface area contributed by atoms with Crippen molar-refractivity contribution in [2.45, 2.75) is 19.8 Å². The van der Waals surface area contributed by atoms with Gasteiger partial charge in [0.05, 0.1) is 5.41 Å². The molecule has 1 aliphatic rings. The van der Waals surface area contributed by atoms with Crippen molar-refractivity contribution < 1.29 is 9.90 Å². The van der Waals surface area contributed by atoms with Crippen LogP contribution >= 0.6 is 0 Å². The molecule has 0 aromatic heterocycles. The summed E-state index contributed by atoms with van der Waals surface area (Å²) in [6.07, 6.45) is 3.31. The Morgan fingerprint density at radius 2 is 2.00 bits per heavy atom. The van der Waals surface area contributed by atoms with Crippen molar-refractivity contribution in [2.75, 3.05) is 0 Å². The number of aliphatic carboxylic acids is 1. The SMILES string of the molecule is CC1(C(=O)O)CC=C(c2ccccc2)C1. The Hall–Kier alpha value is -1.57. The molecule has 1 atom stereocenters. The maximum Gasteiger partial charge on any atom is 0.310 e. The third-order valence-electron chi connectivity index (χ3n) is 3.04. The minimum absolute atomic E-state index is 0.606. The second-order valence-corrected chi connectivity index (χ2v) is 4.34. The lowest BCUT2D eigenvalue weighted by Crippen LogP contribution is -2.24. The fraction of sp³-hybridized carbons (Fsp3) is 0.308. The number of allylic oxidation sites excluding steroid dienone is 2. The van der Waals surface area contributed by atoms with E-state index in [4.69, 9.17) is 5.11 Å². The number of rotatable bonds is 2. The molecule has 0 bridgehead atoms. The Kier molecular flexibility index (Phi) is 2.35. The molecule has 2 nitrogen and oxygen atoms in total. The van der Waals surface area contributed by atoms with E-state index in [1.54, 1.807) is 0 Å². The van der Waals surface area contributed by atoms with Gasteiger partial charge in [-0.3, -0.25) is 4.79 Å². The van der Waals surface area contributed by atoms with Gasteiger partial charge < -0.3 is 5.11 Å². The van der Waals surface area contributed by atoms with Gasteiger partial charge in [-0.05, 0) is 30.9 Å². The van der Waals surface area contributed by atoms with Crippen LogP contribution in [0.1, 0.15) is 25.3 Å². The number of benzene rings is 1. The predicted molar refractivity (Wildman–Crippen MR) is 59.4 cm³/mol. The molecular formula is C13H14O2. The van der Waals surface area contributed by atoms with Crippen LogP contribution in [0.4, 0.5) is 0 Å². The largest absolute Gasteiger partial charge is 0.481 e. The molecule has 0 fully saturated rings. The Morgan fingerprint density at radius 3 is 2.53 bits per heavy atom. The zero-order chi connectivity index (χ0) is 10.9. The number of carbonyl (C=O) groups is 1. The molecule has 0 saturated carbocycles. The standard InChI is InChI=1S/C13H14O2/c1-13(12(14)15)8-7-11(9-13)10-5-3-2-4-6-10/h2-7H,8-9H2,1H3,(H,14,15). The van der Waals surface area contributed by atoms with Crippen molar-refractivity contribution in [1.82, 2.24) is 0 Å². The second-order valence-electron chi connectivity index (χ2n) is 4.34. The molecule has 1 unspecified atom stereocenters. The van der Waals surface area contributed by atoms with E-state index in [1.807, 2.05) is 43.3 Å². The average molecular weight is 202 g/mol. The van der Waals surface area contributed by atoms with E-state index in [2.05, 4.69) is 0 Å². The number of hydrogen-bond acceptors (Lipinski definition) is 1. The summed E-state index contributed by atoms with van der Waals surface area (Å²) in [5, 5.41) is 9.10. The molecule has 1 aromatic rings. The smallest absolute Gasteiger partial charge is 0.310 e. The van der Waals surface area contributed by atoms with Crippen LogP contribution in [-0.4, -0.2) is 11.1 Å². The molecular weight excluding hydrogens is 188 g/mol. The van der Waals surface area contributed by atoms with Gasteiger partial charge in [0, 0.05) is 0 Å². The van der Waals surface area contributed by atoms with E-state index in [-0.39, 0.29) is 0 Å². The van der Waals surface area contributed by atoms with Crippen LogP contribution in [0.5, 0.6) is 0 Å². The van der Waals surface area contributed by atoms with Gasteiger partial charge in [-0.15, -0.1) is 0 Å². The van der Waals surface area contributed by atoms with E-state index in [9.17, 15) is 4.79 Å². The van der Waals surface area contributed by atoms with Crippen LogP contribution < -0.4 is 0 Å². The molecule has 2 heteroatoms. The van der Waals surface area contributed by atoms with Gasteiger partial charge in [0.2, 0.25) is 0 Å². The van der Waals surface area contributed by atoms with Gasteiger partial charge in [0.15, 0.2) is 0 Å². The number of carboxylic acid groups (broad SMARTS) is 1. The molecule has 0 amide bonds. The van der Waals surface area contributed by atoms with Crippen LogP contribution in [0.25, 0.3) is 5.57 Å². The number of hydrogen-bond donors (Lipinski definition) is 1. The van der Waals surface area contributed by atoms with Crippen molar-refractivity contribution in [3.8, 4) is 0 Å². The molecule has 0 radical (unpaired) electrons. The highest BCUT2D eigenvalue weighted by Gasteiger charge is 2.37. The van der Waals surface area contributed by atoms with Gasteiger partial charge in [-0.25, -0.2) is 0 Å². The summed E-state index contributed by atoms with van der Waals surface area (Å²) >= 11 is 0. The molecule has 0 heterocycles. The summed E-state index contributed by atoms with van der Waals surface area (Å²) in [6.45, 7) is 1.81. The van der Waals surface area contributed by atoms with Crippen molar-refractivity contribution in [2.24, 2.45) is 5.41 Å². The first-order valence-corrected chi connectivity index (χ1v) is 5.10. The highest BCUT2D eigenvalue weighted by atomic mass is 16.4. The van der Waals surface area contributed by atoms with Crippen molar-refractivity contribution in [3.63, 3.8) is 0 Å². The summed E-state index contributed by atoms with van der Waals surface area (Å²) in [5.74, 6) is -0.704. The van der Waals surface area contributed by atoms with Crippen LogP contribution in [0.15, 0.2) is 36.4 Å². The highest BCUT2D eigenvalue weighted by molar-refractivity contribution is 5.81. The molecule has 2 rings (SSSR count). The van der Waals surface area contributed by atoms with Crippen LogP contribution in [0, 0.1) is 5.41 Å². The monoisotopic (exact) mass is 202 g/mol. The Morgan fingerprint density at radius 1 is 1.33 bits per heavy atom. The van der Waals surface area contributed by atoms with Crippen LogP contribution in [0.3, 0.4) is 0 Å². The second kappa shape index (κ2) is 3.54. The zero-order valence-corrected chi connectivity index (χ0v) is 8.73. The summed E-state index contributed by atoms with van der Waals surface area (Å²) < 4.78 is 0. The van der Waals surface area contributed by atoms with Gasteiger partial charge in [-0.1, -0.05) is 36.4 Å². The first-order chi connectivity index (χ1) is 7.12. The first kappa shape index (κ1) is 9.97. The Labute approximate surface area is 89.2 Å². The predicted octanol–water partition coefficient (Wildman–Crippen LogP) is 2.95. The van der Waals surface area contributed by atoms with Gasteiger partial charge in [0.25, 0.3) is 0 Å². The molecule has 0 saturated heterocycles. The van der Waals surface area contributed by atoms with E-state index in [1.165, 1.54) is 0 Å². The van der Waals surface area contributed by atoms with Crippen molar-refractivity contribution in [1.29, 1.82) is 0 Å². The lowest BCUT2D eigenvalue weighted by molar-refractivity contribution is -0.147. The number of carboxylic acids is 1. The first-order valence-electron chi connectivity index (χ1n) is 5.10. The molecule has 78 valence electrons. The molecule has 1 aliphatic carbocycles. The van der Waals surface area contributed by atoms with Gasteiger partial charge >= 0.3 is 5.97 Å². The van der Waals surface area contributed by atoms with E-state index < -0.39 is 11.4 Å². The summed E-state index contributed by atoms with van der Waals surface area (Å²) in [6, 6.07) is 9.98. The Bertz CT molecular complexity index is 406. The molecule has 1 N–H and O–H groups in total. The van der Waals surface area contributed by atoms with Crippen LogP contribution in [0.2, 0.25) is 0 Å². The Balaban J connectivity index is 2.21. The third-order valence-corrected chi connectivity index (χ3v) is 3.04. The van der Waals surface area contributed by atoms with Crippen molar-refractivity contribution in [3.05, 3.63) is 42.0 Å². The van der Waals surface area contributed by atoms with E-state index in [0.717, 1.165) is 11.1 Å². The fourth-order valence-electron chi connectivity index (χ4n) is 1.95. The molecule has 15 heavy (non-hydrogen) atoms. The molecule has 0 spiro atoms. The normalized spacial score (nSPS) is 25.0. The van der Waals surface area contributed by atoms with Crippen molar-refractivity contribution >= 4 is 11.5 Å². The third kappa shape index (κ3) is 1.80. The minimum Gasteiger partial charge on any atom is -0.481 e. The van der Waals surface area contributed by atoms with Gasteiger partial charge in [0.1, 0.15) is 0 Å². The quantitative estimate of drug-likeness (QED) is 0.800. The lowest BCUT2D eigenvalue weighted by Gasteiger charge is -2.17.